The van der Waals surface area contributed by atoms with Gasteiger partial charge in [-0.1, -0.05) is 29.8 Å². The van der Waals surface area contributed by atoms with Gasteiger partial charge in [-0.3, -0.25) is 9.10 Å². The predicted molar refractivity (Wildman–Crippen MR) is 107 cm³/mol. The normalized spacial score (nSPS) is 12.1. The fourth-order valence-corrected chi connectivity index (χ4v) is 3.91. The van der Waals surface area contributed by atoms with Gasteiger partial charge in [0.1, 0.15) is 6.04 Å². The Kier molecular flexibility index (Phi) is 6.47. The Morgan fingerprint density at radius 2 is 1.89 bits per heavy atom. The first-order chi connectivity index (χ1) is 12.6. The molecule has 0 saturated carbocycles. The molecule has 27 heavy (non-hydrogen) atoms. The zero-order valence-electron chi connectivity index (χ0n) is 15.2. The number of rotatable bonds is 6. The molecule has 0 saturated heterocycles. The maximum atomic E-state index is 12.6. The second kappa shape index (κ2) is 8.42. The second-order valence-electron chi connectivity index (χ2n) is 6.19. The molecule has 0 aliphatic carbocycles. The summed E-state index contributed by atoms with van der Waals surface area (Å²) in [4.78, 5) is 12.6. The number of carbonyl (C=O) groups excluding carboxylic acids is 1. The Labute approximate surface area is 164 Å². The fourth-order valence-electron chi connectivity index (χ4n) is 2.57. The molecule has 1 amide bonds. The molecule has 1 N–H and O–H groups in total. The number of sulfonamides is 1. The molecule has 6 nitrogen and oxygen atoms in total. The van der Waals surface area contributed by atoms with Crippen molar-refractivity contribution in [3.8, 4) is 6.07 Å². The molecule has 1 atom stereocenters. The van der Waals surface area contributed by atoms with Crippen LogP contribution in [-0.2, 0) is 21.2 Å². The summed E-state index contributed by atoms with van der Waals surface area (Å²) in [6.07, 6.45) is 1.32. The van der Waals surface area contributed by atoms with Crippen LogP contribution in [-0.4, -0.2) is 26.6 Å². The van der Waals surface area contributed by atoms with Crippen LogP contribution in [0.15, 0.2) is 42.5 Å². The number of nitrogens with one attached hydrogen (secondary N) is 1. The Bertz CT molecular complexity index is 982. The van der Waals surface area contributed by atoms with Crippen molar-refractivity contribution in [3.63, 3.8) is 0 Å². The van der Waals surface area contributed by atoms with Gasteiger partial charge in [0.05, 0.1) is 24.4 Å². The monoisotopic (exact) mass is 405 g/mol. The maximum absolute atomic E-state index is 12.6. The number of nitriles is 1. The third kappa shape index (κ3) is 5.22. The lowest BCUT2D eigenvalue weighted by molar-refractivity contribution is -0.116. The fraction of sp³-hybridized carbons (Fsp3) is 0.263. The van der Waals surface area contributed by atoms with Crippen LogP contribution in [0.4, 0.5) is 11.4 Å². The van der Waals surface area contributed by atoms with Crippen molar-refractivity contribution in [2.45, 2.75) is 26.3 Å². The van der Waals surface area contributed by atoms with Gasteiger partial charge in [0, 0.05) is 10.7 Å². The number of amides is 1. The molecule has 0 heterocycles. The predicted octanol–water partition coefficient (Wildman–Crippen LogP) is 3.51. The zero-order chi connectivity index (χ0) is 20.2. The second-order valence-corrected chi connectivity index (χ2v) is 8.46. The number of hydrogen-bond donors (Lipinski definition) is 1. The van der Waals surface area contributed by atoms with Crippen molar-refractivity contribution in [2.24, 2.45) is 0 Å². The summed E-state index contributed by atoms with van der Waals surface area (Å²) in [7, 11) is -3.72. The summed E-state index contributed by atoms with van der Waals surface area (Å²) >= 11 is 6.12. The summed E-state index contributed by atoms with van der Waals surface area (Å²) in [6.45, 7) is 3.32. The molecule has 0 bridgehead atoms. The van der Waals surface area contributed by atoms with Crippen molar-refractivity contribution in [2.75, 3.05) is 15.9 Å². The van der Waals surface area contributed by atoms with E-state index in [1.54, 1.807) is 36.4 Å². The number of hydrogen-bond acceptors (Lipinski definition) is 4. The Morgan fingerprint density at radius 1 is 1.26 bits per heavy atom. The van der Waals surface area contributed by atoms with Gasteiger partial charge in [0.15, 0.2) is 0 Å². The summed E-state index contributed by atoms with van der Waals surface area (Å²) in [5, 5.41) is 11.8. The maximum Gasteiger partial charge on any atom is 0.247 e. The Balaban J connectivity index is 2.26. The lowest BCUT2D eigenvalue weighted by atomic mass is 10.1. The van der Waals surface area contributed by atoms with E-state index in [0.717, 1.165) is 21.7 Å². The number of carbonyl (C=O) groups is 1. The summed E-state index contributed by atoms with van der Waals surface area (Å²) in [5.74, 6) is -0.481. The zero-order valence-corrected chi connectivity index (χ0v) is 16.8. The van der Waals surface area contributed by atoms with Crippen molar-refractivity contribution < 1.29 is 13.2 Å². The van der Waals surface area contributed by atoms with Gasteiger partial charge in [0.25, 0.3) is 0 Å². The molecule has 8 heteroatoms. The van der Waals surface area contributed by atoms with Gasteiger partial charge in [-0.25, -0.2) is 8.42 Å². The number of aryl methyl sites for hydroxylation is 1. The minimum atomic E-state index is -3.72. The molecule has 0 aromatic heterocycles. The molecular weight excluding hydrogens is 386 g/mol. The van der Waals surface area contributed by atoms with E-state index in [1.807, 2.05) is 13.0 Å². The highest BCUT2D eigenvalue weighted by Gasteiger charge is 2.29. The highest BCUT2D eigenvalue weighted by atomic mass is 35.5. The van der Waals surface area contributed by atoms with Gasteiger partial charge in [0.2, 0.25) is 15.9 Å². The van der Waals surface area contributed by atoms with Crippen molar-refractivity contribution >= 4 is 38.9 Å². The largest absolute Gasteiger partial charge is 0.324 e. The Hall–Kier alpha value is -2.56. The Morgan fingerprint density at radius 3 is 2.41 bits per heavy atom. The molecule has 2 aromatic carbocycles. The van der Waals surface area contributed by atoms with Crippen LogP contribution >= 0.6 is 11.6 Å². The summed E-state index contributed by atoms with van der Waals surface area (Å²) in [6, 6.07) is 12.7. The first-order valence-electron chi connectivity index (χ1n) is 8.16. The van der Waals surface area contributed by atoms with E-state index in [2.05, 4.69) is 5.32 Å². The van der Waals surface area contributed by atoms with Crippen molar-refractivity contribution in [1.29, 1.82) is 5.26 Å². The van der Waals surface area contributed by atoms with E-state index in [-0.39, 0.29) is 6.42 Å². The highest BCUT2D eigenvalue weighted by Crippen LogP contribution is 2.27. The van der Waals surface area contributed by atoms with Gasteiger partial charge < -0.3 is 5.32 Å². The van der Waals surface area contributed by atoms with Crippen molar-refractivity contribution in [3.05, 3.63) is 58.6 Å². The lowest BCUT2D eigenvalue weighted by Crippen LogP contribution is -2.45. The van der Waals surface area contributed by atoms with Crippen LogP contribution in [0.25, 0.3) is 0 Å². The molecule has 0 spiro atoms. The minimum Gasteiger partial charge on any atom is -0.324 e. The van der Waals surface area contributed by atoms with E-state index in [9.17, 15) is 13.2 Å². The quantitative estimate of drug-likeness (QED) is 0.796. The van der Waals surface area contributed by atoms with Crippen LogP contribution < -0.4 is 9.62 Å². The molecule has 0 unspecified atom stereocenters. The average Bonchev–Trinajstić information content (AvgIpc) is 2.59. The molecule has 2 aromatic rings. The molecule has 0 fully saturated rings. The standard InChI is InChI=1S/C19H20ClN3O3S/c1-13-4-9-17(12-18(13)20)23(27(3,25)26)14(2)19(24)22-16-7-5-15(6-8-16)10-11-21/h4-9,12,14H,10H2,1-3H3,(H,22,24)/t14-/m1/s1. The summed E-state index contributed by atoms with van der Waals surface area (Å²) in [5.41, 5.74) is 2.48. The lowest BCUT2D eigenvalue weighted by Gasteiger charge is -2.28. The molecule has 0 radical (unpaired) electrons. The first-order valence-corrected chi connectivity index (χ1v) is 10.4. The van der Waals surface area contributed by atoms with E-state index in [4.69, 9.17) is 16.9 Å². The minimum absolute atomic E-state index is 0.278. The third-order valence-electron chi connectivity index (χ3n) is 4.00. The number of nitrogens with zero attached hydrogens (tertiary/aromatic N) is 2. The molecular formula is C19H20ClN3O3S. The molecule has 2 rings (SSSR count). The highest BCUT2D eigenvalue weighted by molar-refractivity contribution is 7.92. The molecule has 0 aliphatic heterocycles. The van der Waals surface area contributed by atoms with Crippen molar-refractivity contribution in [1.82, 2.24) is 0 Å². The summed E-state index contributed by atoms with van der Waals surface area (Å²) < 4.78 is 25.7. The van der Waals surface area contributed by atoms with E-state index >= 15 is 0 Å². The average molecular weight is 406 g/mol. The van der Waals surface area contributed by atoms with Gasteiger partial charge in [-0.05, 0) is 49.2 Å². The third-order valence-corrected chi connectivity index (χ3v) is 5.65. The number of halogens is 1. The van der Waals surface area contributed by atoms with Crippen LogP contribution in [0.3, 0.4) is 0 Å². The number of benzene rings is 2. The SMILES string of the molecule is Cc1ccc(N([C@H](C)C(=O)Nc2ccc(CC#N)cc2)S(C)(=O)=O)cc1Cl. The van der Waals surface area contributed by atoms with Gasteiger partial charge >= 0.3 is 0 Å². The van der Waals surface area contributed by atoms with Crippen LogP contribution in [0.1, 0.15) is 18.1 Å². The van der Waals surface area contributed by atoms with Crippen LogP contribution in [0.5, 0.6) is 0 Å². The smallest absolute Gasteiger partial charge is 0.247 e. The van der Waals surface area contributed by atoms with Gasteiger partial charge in [-0.2, -0.15) is 5.26 Å². The topological polar surface area (TPSA) is 90.3 Å². The van der Waals surface area contributed by atoms with Gasteiger partial charge in [-0.15, -0.1) is 0 Å². The molecule has 0 aliphatic rings. The first kappa shape index (κ1) is 20.7. The number of anilines is 2. The van der Waals surface area contributed by atoms with E-state index in [0.29, 0.717) is 16.4 Å². The van der Waals surface area contributed by atoms with E-state index in [1.165, 1.54) is 13.0 Å². The van der Waals surface area contributed by atoms with Crippen LogP contribution in [0, 0.1) is 18.3 Å². The van der Waals surface area contributed by atoms with Crippen LogP contribution in [0.2, 0.25) is 5.02 Å². The van der Waals surface area contributed by atoms with E-state index < -0.39 is 22.0 Å². The molecule has 142 valence electrons.